The zero-order chi connectivity index (χ0) is 22.0. The van der Waals surface area contributed by atoms with E-state index in [0.29, 0.717) is 44.3 Å². The van der Waals surface area contributed by atoms with E-state index in [0.717, 1.165) is 5.39 Å². The molecule has 1 aromatic heterocycles. The molecule has 0 saturated carbocycles. The number of carbonyl (C=O) groups is 1. The maximum atomic E-state index is 12.5. The van der Waals surface area contributed by atoms with Gasteiger partial charge in [-0.25, -0.2) is 4.79 Å². The van der Waals surface area contributed by atoms with E-state index in [-0.39, 0.29) is 0 Å². The zero-order valence-corrected chi connectivity index (χ0v) is 17.4. The highest BCUT2D eigenvalue weighted by atomic mass is 32.1. The molecule has 0 aliphatic heterocycles. The summed E-state index contributed by atoms with van der Waals surface area (Å²) in [6.07, 6.45) is 0. The molecule has 6 nitrogen and oxygen atoms in total. The first kappa shape index (κ1) is 20.3. The number of carbonyl (C=O) groups excluding carboxylic acids is 1. The molecule has 0 radical (unpaired) electrons. The minimum absolute atomic E-state index is 0.331. The van der Waals surface area contributed by atoms with Crippen molar-refractivity contribution < 1.29 is 13.9 Å². The lowest BCUT2D eigenvalue weighted by molar-refractivity contribution is 0.1000. The Morgan fingerprint density at radius 3 is 2.42 bits per heavy atom. The molecule has 154 valence electrons. The number of para-hydroxylation sites is 1. The summed E-state index contributed by atoms with van der Waals surface area (Å²) in [5.74, 6) is -0.0886. The summed E-state index contributed by atoms with van der Waals surface area (Å²) in [5.41, 5.74) is 7.99. The van der Waals surface area contributed by atoms with Gasteiger partial charge in [-0.15, -0.1) is 0 Å². The fourth-order valence-electron chi connectivity index (χ4n) is 3.34. The molecule has 0 atom stereocenters. The van der Waals surface area contributed by atoms with Crippen molar-refractivity contribution in [2.45, 2.75) is 0 Å². The Morgan fingerprint density at radius 2 is 1.68 bits per heavy atom. The van der Waals surface area contributed by atoms with Gasteiger partial charge in [0.15, 0.2) is 0 Å². The summed E-state index contributed by atoms with van der Waals surface area (Å²) in [7, 11) is 1.52. The number of benzene rings is 3. The second kappa shape index (κ2) is 8.41. The van der Waals surface area contributed by atoms with E-state index >= 15 is 0 Å². The van der Waals surface area contributed by atoms with Crippen molar-refractivity contribution >= 4 is 39.8 Å². The Bertz CT molecular complexity index is 1380. The Balaban J connectivity index is 1.70. The number of nitrogens with two attached hydrogens (primary N) is 1. The molecule has 7 heteroatoms. The van der Waals surface area contributed by atoms with Crippen LogP contribution < -0.4 is 21.4 Å². The number of fused-ring (bicyclic) bond motifs is 1. The van der Waals surface area contributed by atoms with Crippen LogP contribution in [0.25, 0.3) is 22.1 Å². The summed E-state index contributed by atoms with van der Waals surface area (Å²) in [6, 6.07) is 21.2. The SMILES string of the molecule is COc1cc(NC(=S)c2ccccc2C(N)=O)ccc1-c1cc2ccccc2oc1=O. The number of ether oxygens (including phenoxy) is 1. The van der Waals surface area contributed by atoms with Gasteiger partial charge in [0.25, 0.3) is 0 Å². The maximum absolute atomic E-state index is 12.5. The van der Waals surface area contributed by atoms with E-state index in [1.165, 1.54) is 7.11 Å². The van der Waals surface area contributed by atoms with Gasteiger partial charge in [0.2, 0.25) is 5.91 Å². The molecule has 0 aliphatic rings. The van der Waals surface area contributed by atoms with Crippen LogP contribution in [0.4, 0.5) is 5.69 Å². The van der Waals surface area contributed by atoms with E-state index in [1.54, 1.807) is 54.6 Å². The highest BCUT2D eigenvalue weighted by Gasteiger charge is 2.15. The Kier molecular flexibility index (Phi) is 5.51. The molecule has 4 aromatic rings. The molecule has 0 spiro atoms. The van der Waals surface area contributed by atoms with E-state index in [1.807, 2.05) is 18.2 Å². The normalized spacial score (nSPS) is 10.6. The van der Waals surface area contributed by atoms with Gasteiger partial charge < -0.3 is 20.2 Å². The fourth-order valence-corrected chi connectivity index (χ4v) is 3.63. The molecule has 0 fully saturated rings. The number of anilines is 1. The molecular weight excluding hydrogens is 412 g/mol. The third-order valence-electron chi connectivity index (χ3n) is 4.83. The molecule has 1 heterocycles. The molecule has 3 aromatic carbocycles. The van der Waals surface area contributed by atoms with Crippen molar-refractivity contribution in [3.05, 3.63) is 94.3 Å². The number of hydrogen-bond acceptors (Lipinski definition) is 5. The van der Waals surface area contributed by atoms with E-state index < -0.39 is 11.5 Å². The standard InChI is InChI=1S/C24H18N2O4S/c1-29-21-13-15(26-23(31)18-8-4-3-7-17(18)22(25)27)10-11-16(21)19-12-14-6-2-5-9-20(14)30-24(19)28/h2-13H,1H3,(H2,25,27)(H,26,31). The topological polar surface area (TPSA) is 94.6 Å². The summed E-state index contributed by atoms with van der Waals surface area (Å²) in [6.45, 7) is 0. The lowest BCUT2D eigenvalue weighted by Crippen LogP contribution is -2.19. The van der Waals surface area contributed by atoms with E-state index in [4.69, 9.17) is 27.1 Å². The Labute approximate surface area is 183 Å². The number of nitrogens with one attached hydrogen (secondary N) is 1. The van der Waals surface area contributed by atoms with Crippen LogP contribution in [0.1, 0.15) is 15.9 Å². The van der Waals surface area contributed by atoms with Crippen LogP contribution in [-0.2, 0) is 0 Å². The average molecular weight is 430 g/mol. The summed E-state index contributed by atoms with van der Waals surface area (Å²) >= 11 is 5.46. The van der Waals surface area contributed by atoms with Gasteiger partial charge >= 0.3 is 5.63 Å². The molecule has 3 N–H and O–H groups in total. The van der Waals surface area contributed by atoms with Crippen molar-refractivity contribution in [1.29, 1.82) is 0 Å². The van der Waals surface area contributed by atoms with Crippen LogP contribution in [0.3, 0.4) is 0 Å². The largest absolute Gasteiger partial charge is 0.496 e. The summed E-state index contributed by atoms with van der Waals surface area (Å²) < 4.78 is 11.0. The first-order valence-electron chi connectivity index (χ1n) is 9.39. The van der Waals surface area contributed by atoms with Gasteiger partial charge in [0.05, 0.1) is 12.7 Å². The van der Waals surface area contributed by atoms with Crippen molar-refractivity contribution in [3.8, 4) is 16.9 Å². The molecule has 4 rings (SSSR count). The lowest BCUT2D eigenvalue weighted by Gasteiger charge is -2.14. The molecular formula is C24H18N2O4S. The monoisotopic (exact) mass is 430 g/mol. The van der Waals surface area contributed by atoms with Crippen molar-refractivity contribution in [2.75, 3.05) is 12.4 Å². The number of primary amides is 1. The molecule has 0 bridgehead atoms. The van der Waals surface area contributed by atoms with E-state index in [9.17, 15) is 9.59 Å². The first-order chi connectivity index (χ1) is 15.0. The van der Waals surface area contributed by atoms with Crippen molar-refractivity contribution in [3.63, 3.8) is 0 Å². The number of rotatable bonds is 5. The van der Waals surface area contributed by atoms with Crippen molar-refractivity contribution in [1.82, 2.24) is 0 Å². The van der Waals surface area contributed by atoms with E-state index in [2.05, 4.69) is 5.32 Å². The number of thiocarbonyl (C=S) groups is 1. The Hall–Kier alpha value is -3.97. The van der Waals surface area contributed by atoms with Gasteiger partial charge in [0, 0.05) is 33.8 Å². The average Bonchev–Trinajstić information content (AvgIpc) is 2.78. The van der Waals surface area contributed by atoms with Gasteiger partial charge in [-0.1, -0.05) is 48.6 Å². The van der Waals surface area contributed by atoms with Crippen LogP contribution in [-0.4, -0.2) is 18.0 Å². The predicted molar refractivity (Wildman–Crippen MR) is 125 cm³/mol. The minimum Gasteiger partial charge on any atom is -0.496 e. The summed E-state index contributed by atoms with van der Waals surface area (Å²) in [5, 5.41) is 3.90. The predicted octanol–water partition coefficient (Wildman–Crippen LogP) is 4.36. The molecule has 0 unspecified atom stereocenters. The second-order valence-electron chi connectivity index (χ2n) is 6.76. The van der Waals surface area contributed by atoms with Gasteiger partial charge in [-0.2, -0.15) is 0 Å². The molecule has 1 amide bonds. The first-order valence-corrected chi connectivity index (χ1v) is 9.80. The summed E-state index contributed by atoms with van der Waals surface area (Å²) in [4.78, 5) is 24.6. The smallest absolute Gasteiger partial charge is 0.344 e. The number of amides is 1. The zero-order valence-electron chi connectivity index (χ0n) is 16.5. The van der Waals surface area contributed by atoms with Crippen LogP contribution in [0.2, 0.25) is 0 Å². The number of hydrogen-bond donors (Lipinski definition) is 2. The van der Waals surface area contributed by atoms with Gasteiger partial charge in [-0.05, 0) is 30.3 Å². The fraction of sp³-hybridized carbons (Fsp3) is 0.0417. The second-order valence-corrected chi connectivity index (χ2v) is 7.17. The van der Waals surface area contributed by atoms with Gasteiger partial charge in [0.1, 0.15) is 16.3 Å². The highest BCUT2D eigenvalue weighted by molar-refractivity contribution is 7.81. The lowest BCUT2D eigenvalue weighted by atomic mass is 10.0. The third-order valence-corrected chi connectivity index (χ3v) is 5.15. The molecule has 31 heavy (non-hydrogen) atoms. The van der Waals surface area contributed by atoms with Crippen LogP contribution in [0, 0.1) is 0 Å². The molecule has 0 saturated heterocycles. The van der Waals surface area contributed by atoms with Crippen LogP contribution in [0.15, 0.2) is 82.0 Å². The minimum atomic E-state index is -0.560. The third kappa shape index (κ3) is 4.04. The Morgan fingerprint density at radius 1 is 0.968 bits per heavy atom. The van der Waals surface area contributed by atoms with Crippen LogP contribution in [0.5, 0.6) is 5.75 Å². The highest BCUT2D eigenvalue weighted by Crippen LogP contribution is 2.32. The van der Waals surface area contributed by atoms with Crippen molar-refractivity contribution in [2.24, 2.45) is 5.73 Å². The van der Waals surface area contributed by atoms with Gasteiger partial charge in [-0.3, -0.25) is 4.79 Å². The molecule has 0 aliphatic carbocycles. The number of methoxy groups -OCH3 is 1. The van der Waals surface area contributed by atoms with Crippen LogP contribution >= 0.6 is 12.2 Å². The quantitative estimate of drug-likeness (QED) is 0.361. The maximum Gasteiger partial charge on any atom is 0.344 e.